The lowest BCUT2D eigenvalue weighted by Gasteiger charge is -2.21. The van der Waals surface area contributed by atoms with Crippen molar-refractivity contribution in [3.63, 3.8) is 0 Å². The van der Waals surface area contributed by atoms with E-state index in [1.54, 1.807) is 12.4 Å². The number of hydrogen-bond donors (Lipinski definition) is 1. The standard InChI is InChI=1S/C15H18N4O/c1-10(2)20-15-12-9-17-7-5-13(12)18-14(19-15)11-4-3-6-16-8-11/h3-4,6,8,10,17H,5,7,9H2,1-2H3. The Bertz CT molecular complexity index is 598. The molecule has 0 saturated carbocycles. The van der Waals surface area contributed by atoms with Gasteiger partial charge in [0.1, 0.15) is 0 Å². The van der Waals surface area contributed by atoms with Crippen LogP contribution in [0.15, 0.2) is 24.5 Å². The van der Waals surface area contributed by atoms with Gasteiger partial charge < -0.3 is 10.1 Å². The van der Waals surface area contributed by atoms with Crippen LogP contribution in [-0.2, 0) is 13.0 Å². The maximum Gasteiger partial charge on any atom is 0.222 e. The zero-order valence-electron chi connectivity index (χ0n) is 11.8. The molecule has 0 spiro atoms. The summed E-state index contributed by atoms with van der Waals surface area (Å²) >= 11 is 0. The first-order valence-electron chi connectivity index (χ1n) is 6.91. The van der Waals surface area contributed by atoms with Crippen LogP contribution in [0.1, 0.15) is 25.1 Å². The van der Waals surface area contributed by atoms with E-state index in [0.29, 0.717) is 11.7 Å². The zero-order chi connectivity index (χ0) is 13.9. The Morgan fingerprint density at radius 3 is 2.95 bits per heavy atom. The predicted molar refractivity (Wildman–Crippen MR) is 76.4 cm³/mol. The largest absolute Gasteiger partial charge is 0.475 e. The number of rotatable bonds is 3. The number of ether oxygens (including phenoxy) is 1. The Balaban J connectivity index is 2.08. The highest BCUT2D eigenvalue weighted by Gasteiger charge is 2.19. The van der Waals surface area contributed by atoms with Crippen molar-refractivity contribution in [2.24, 2.45) is 0 Å². The summed E-state index contributed by atoms with van der Waals surface area (Å²) in [6.45, 7) is 5.73. The SMILES string of the molecule is CC(C)Oc1nc(-c2cccnc2)nc2c1CNCC2. The van der Waals surface area contributed by atoms with Gasteiger partial charge in [0.15, 0.2) is 5.82 Å². The summed E-state index contributed by atoms with van der Waals surface area (Å²) in [5.74, 6) is 1.38. The summed E-state index contributed by atoms with van der Waals surface area (Å²) in [6.07, 6.45) is 4.52. The van der Waals surface area contributed by atoms with Crippen LogP contribution < -0.4 is 10.1 Å². The molecule has 1 aliphatic heterocycles. The summed E-state index contributed by atoms with van der Waals surface area (Å²) in [7, 11) is 0. The van der Waals surface area contributed by atoms with Crippen molar-refractivity contribution < 1.29 is 4.74 Å². The highest BCUT2D eigenvalue weighted by molar-refractivity contribution is 5.55. The molecule has 0 radical (unpaired) electrons. The number of nitrogens with one attached hydrogen (secondary N) is 1. The molecule has 5 nitrogen and oxygen atoms in total. The molecule has 2 aromatic heterocycles. The molecule has 0 aromatic carbocycles. The van der Waals surface area contributed by atoms with Crippen molar-refractivity contribution in [2.75, 3.05) is 6.54 Å². The van der Waals surface area contributed by atoms with E-state index in [0.717, 1.165) is 36.3 Å². The normalized spacial score (nSPS) is 14.2. The van der Waals surface area contributed by atoms with Gasteiger partial charge in [-0.25, -0.2) is 4.98 Å². The molecular weight excluding hydrogens is 252 g/mol. The van der Waals surface area contributed by atoms with E-state index in [-0.39, 0.29) is 6.10 Å². The number of fused-ring (bicyclic) bond motifs is 1. The third kappa shape index (κ3) is 2.63. The van der Waals surface area contributed by atoms with Crippen LogP contribution in [0.3, 0.4) is 0 Å². The average molecular weight is 270 g/mol. The van der Waals surface area contributed by atoms with E-state index in [9.17, 15) is 0 Å². The lowest BCUT2D eigenvalue weighted by Crippen LogP contribution is -2.26. The molecule has 0 unspecified atom stereocenters. The van der Waals surface area contributed by atoms with Crippen molar-refractivity contribution in [1.82, 2.24) is 20.3 Å². The lowest BCUT2D eigenvalue weighted by molar-refractivity contribution is 0.228. The third-order valence-electron chi connectivity index (χ3n) is 3.16. The molecule has 5 heteroatoms. The Morgan fingerprint density at radius 1 is 1.30 bits per heavy atom. The minimum atomic E-state index is 0.0951. The van der Waals surface area contributed by atoms with Crippen LogP contribution in [0.25, 0.3) is 11.4 Å². The summed E-state index contributed by atoms with van der Waals surface area (Å²) < 4.78 is 5.86. The molecule has 0 atom stereocenters. The van der Waals surface area contributed by atoms with E-state index >= 15 is 0 Å². The fourth-order valence-corrected chi connectivity index (χ4v) is 2.26. The molecule has 3 rings (SSSR count). The first-order valence-corrected chi connectivity index (χ1v) is 6.91. The van der Waals surface area contributed by atoms with Crippen LogP contribution in [0.5, 0.6) is 5.88 Å². The first kappa shape index (κ1) is 13.0. The second-order valence-corrected chi connectivity index (χ2v) is 5.11. The van der Waals surface area contributed by atoms with Crippen LogP contribution in [0.2, 0.25) is 0 Å². The zero-order valence-corrected chi connectivity index (χ0v) is 11.8. The van der Waals surface area contributed by atoms with E-state index < -0.39 is 0 Å². The lowest BCUT2D eigenvalue weighted by atomic mass is 10.1. The first-order chi connectivity index (χ1) is 9.74. The topological polar surface area (TPSA) is 59.9 Å². The number of hydrogen-bond acceptors (Lipinski definition) is 5. The summed E-state index contributed by atoms with van der Waals surface area (Å²) in [6, 6.07) is 3.86. The second-order valence-electron chi connectivity index (χ2n) is 5.11. The molecule has 0 aliphatic carbocycles. The smallest absolute Gasteiger partial charge is 0.222 e. The maximum atomic E-state index is 5.86. The van der Waals surface area contributed by atoms with Crippen molar-refractivity contribution in [3.8, 4) is 17.3 Å². The molecule has 0 fully saturated rings. The highest BCUT2D eigenvalue weighted by Crippen LogP contribution is 2.26. The summed E-state index contributed by atoms with van der Waals surface area (Å²) in [5, 5.41) is 3.34. The number of aromatic nitrogens is 3. The quantitative estimate of drug-likeness (QED) is 0.924. The Kier molecular flexibility index (Phi) is 3.60. The maximum absolute atomic E-state index is 5.86. The molecule has 0 amide bonds. The molecule has 104 valence electrons. The number of pyridine rings is 1. The van der Waals surface area contributed by atoms with Crippen LogP contribution >= 0.6 is 0 Å². The molecule has 3 heterocycles. The van der Waals surface area contributed by atoms with Crippen molar-refractivity contribution >= 4 is 0 Å². The van der Waals surface area contributed by atoms with E-state index in [1.165, 1.54) is 0 Å². The fourth-order valence-electron chi connectivity index (χ4n) is 2.26. The van der Waals surface area contributed by atoms with Crippen LogP contribution in [-0.4, -0.2) is 27.6 Å². The second kappa shape index (κ2) is 5.54. The molecule has 1 N–H and O–H groups in total. The van der Waals surface area contributed by atoms with Gasteiger partial charge in [0.05, 0.1) is 11.8 Å². The predicted octanol–water partition coefficient (Wildman–Crippen LogP) is 1.97. The van der Waals surface area contributed by atoms with Gasteiger partial charge in [-0.15, -0.1) is 0 Å². The summed E-state index contributed by atoms with van der Waals surface area (Å²) in [4.78, 5) is 13.4. The van der Waals surface area contributed by atoms with Gasteiger partial charge in [-0.3, -0.25) is 4.98 Å². The van der Waals surface area contributed by atoms with E-state index in [4.69, 9.17) is 4.74 Å². The van der Waals surface area contributed by atoms with Gasteiger partial charge >= 0.3 is 0 Å². The molecular formula is C15H18N4O. The Hall–Kier alpha value is -2.01. The van der Waals surface area contributed by atoms with Crippen molar-refractivity contribution in [3.05, 3.63) is 35.8 Å². The highest BCUT2D eigenvalue weighted by atomic mass is 16.5. The van der Waals surface area contributed by atoms with Gasteiger partial charge in [0.25, 0.3) is 0 Å². The monoisotopic (exact) mass is 270 g/mol. The minimum Gasteiger partial charge on any atom is -0.475 e. The summed E-state index contributed by atoms with van der Waals surface area (Å²) in [5.41, 5.74) is 3.08. The van der Waals surface area contributed by atoms with Crippen molar-refractivity contribution in [2.45, 2.75) is 32.9 Å². The molecule has 0 bridgehead atoms. The Labute approximate surface area is 118 Å². The van der Waals surface area contributed by atoms with Gasteiger partial charge in [0, 0.05) is 43.0 Å². The molecule has 20 heavy (non-hydrogen) atoms. The van der Waals surface area contributed by atoms with Gasteiger partial charge in [-0.05, 0) is 26.0 Å². The van der Waals surface area contributed by atoms with Gasteiger partial charge in [-0.2, -0.15) is 4.98 Å². The number of nitrogens with zero attached hydrogens (tertiary/aromatic N) is 3. The van der Waals surface area contributed by atoms with Gasteiger partial charge in [0.2, 0.25) is 5.88 Å². The third-order valence-corrected chi connectivity index (χ3v) is 3.16. The molecule has 1 aliphatic rings. The minimum absolute atomic E-state index is 0.0951. The van der Waals surface area contributed by atoms with E-state index in [1.807, 2.05) is 26.0 Å². The molecule has 0 saturated heterocycles. The van der Waals surface area contributed by atoms with E-state index in [2.05, 4.69) is 20.3 Å². The van der Waals surface area contributed by atoms with Crippen LogP contribution in [0.4, 0.5) is 0 Å². The molecule has 2 aromatic rings. The van der Waals surface area contributed by atoms with Crippen molar-refractivity contribution in [1.29, 1.82) is 0 Å². The van der Waals surface area contributed by atoms with Crippen LogP contribution in [0, 0.1) is 0 Å². The van der Waals surface area contributed by atoms with Gasteiger partial charge in [-0.1, -0.05) is 0 Å². The Morgan fingerprint density at radius 2 is 2.20 bits per heavy atom. The average Bonchev–Trinajstić information content (AvgIpc) is 2.47. The fraction of sp³-hybridized carbons (Fsp3) is 0.400.